The maximum Gasteiger partial charge on any atom is 0.241 e. The molecule has 0 saturated carbocycles. The average Bonchev–Trinajstić information content (AvgIpc) is 2.79. The second-order valence-electron chi connectivity index (χ2n) is 3.89. The van der Waals surface area contributed by atoms with Crippen molar-refractivity contribution >= 4 is 11.6 Å². The monoisotopic (exact) mass is 244 g/mol. The molecular weight excluding hydrogens is 233 g/mol. The van der Waals surface area contributed by atoms with Gasteiger partial charge in [-0.1, -0.05) is 0 Å². The third kappa shape index (κ3) is 2.58. The van der Waals surface area contributed by atoms with Crippen LogP contribution in [0.5, 0.6) is 0 Å². The smallest absolute Gasteiger partial charge is 0.241 e. The maximum absolute atomic E-state index is 12.9. The van der Waals surface area contributed by atoms with E-state index in [0.29, 0.717) is 6.42 Å². The Morgan fingerprint density at radius 3 is 2.47 bits per heavy atom. The van der Waals surface area contributed by atoms with Crippen LogP contribution in [0.15, 0.2) is 12.1 Å². The van der Waals surface area contributed by atoms with Gasteiger partial charge in [0.15, 0.2) is 17.5 Å². The van der Waals surface area contributed by atoms with E-state index >= 15 is 0 Å². The van der Waals surface area contributed by atoms with Crippen LogP contribution in [0.4, 0.5) is 18.9 Å². The van der Waals surface area contributed by atoms with E-state index in [-0.39, 0.29) is 17.6 Å². The quantitative estimate of drug-likeness (QED) is 0.779. The highest BCUT2D eigenvalue weighted by Crippen LogP contribution is 2.18. The molecule has 1 saturated heterocycles. The van der Waals surface area contributed by atoms with Crippen LogP contribution in [0.1, 0.15) is 12.8 Å². The fraction of sp³-hybridized carbons (Fsp3) is 0.364. The number of amides is 1. The zero-order valence-corrected chi connectivity index (χ0v) is 8.90. The zero-order chi connectivity index (χ0) is 12.4. The summed E-state index contributed by atoms with van der Waals surface area (Å²) < 4.78 is 38.4. The first kappa shape index (κ1) is 11.9. The molecule has 1 atom stereocenters. The van der Waals surface area contributed by atoms with Crippen LogP contribution in [-0.4, -0.2) is 18.5 Å². The lowest BCUT2D eigenvalue weighted by Gasteiger charge is -2.11. The average molecular weight is 244 g/mol. The van der Waals surface area contributed by atoms with Crippen molar-refractivity contribution in [3.8, 4) is 0 Å². The number of rotatable bonds is 2. The van der Waals surface area contributed by atoms with E-state index in [1.54, 1.807) is 0 Å². The molecule has 0 bridgehead atoms. The Hall–Kier alpha value is -1.56. The van der Waals surface area contributed by atoms with E-state index in [2.05, 4.69) is 10.6 Å². The molecule has 6 heteroatoms. The van der Waals surface area contributed by atoms with Gasteiger partial charge in [-0.3, -0.25) is 4.79 Å². The van der Waals surface area contributed by atoms with Crippen LogP contribution in [0, 0.1) is 17.5 Å². The zero-order valence-electron chi connectivity index (χ0n) is 8.90. The summed E-state index contributed by atoms with van der Waals surface area (Å²) in [6, 6.07) is 1.16. The van der Waals surface area contributed by atoms with Crippen LogP contribution in [0.3, 0.4) is 0 Å². The van der Waals surface area contributed by atoms with Crippen molar-refractivity contribution in [3.63, 3.8) is 0 Å². The first-order valence-corrected chi connectivity index (χ1v) is 5.26. The van der Waals surface area contributed by atoms with Crippen molar-refractivity contribution in [2.24, 2.45) is 0 Å². The van der Waals surface area contributed by atoms with Crippen LogP contribution >= 0.6 is 0 Å². The molecule has 3 nitrogen and oxygen atoms in total. The first-order valence-electron chi connectivity index (χ1n) is 5.26. The standard InChI is InChI=1S/C11H11F3N2O/c12-7-4-6(5-8(13)10(7)14)16-11(17)9-2-1-3-15-9/h4-5,9,15H,1-3H2,(H,16,17). The number of nitrogens with one attached hydrogen (secondary N) is 2. The van der Waals surface area contributed by atoms with Gasteiger partial charge in [0.25, 0.3) is 0 Å². The lowest BCUT2D eigenvalue weighted by atomic mass is 10.2. The fourth-order valence-corrected chi connectivity index (χ4v) is 1.77. The summed E-state index contributed by atoms with van der Waals surface area (Å²) in [5.41, 5.74) is -0.0832. The molecule has 0 aliphatic carbocycles. The molecule has 2 rings (SSSR count). The predicted octanol–water partition coefficient (Wildman–Crippen LogP) is 1.79. The predicted molar refractivity (Wildman–Crippen MR) is 56.0 cm³/mol. The van der Waals surface area contributed by atoms with Gasteiger partial charge in [0.1, 0.15) is 0 Å². The van der Waals surface area contributed by atoms with Gasteiger partial charge in [-0.25, -0.2) is 13.2 Å². The molecule has 0 aromatic heterocycles. The highest BCUT2D eigenvalue weighted by Gasteiger charge is 2.22. The second kappa shape index (κ2) is 4.75. The summed E-state index contributed by atoms with van der Waals surface area (Å²) in [7, 11) is 0. The number of carbonyl (C=O) groups is 1. The van der Waals surface area contributed by atoms with Crippen LogP contribution in [0.2, 0.25) is 0 Å². The summed E-state index contributed by atoms with van der Waals surface area (Å²) in [6.45, 7) is 0.740. The molecule has 0 spiro atoms. The Morgan fingerprint density at radius 1 is 1.29 bits per heavy atom. The van der Waals surface area contributed by atoms with Gasteiger partial charge in [0.2, 0.25) is 5.91 Å². The Balaban J connectivity index is 2.10. The van der Waals surface area contributed by atoms with Gasteiger partial charge >= 0.3 is 0 Å². The minimum atomic E-state index is -1.54. The van der Waals surface area contributed by atoms with Crippen molar-refractivity contribution in [2.75, 3.05) is 11.9 Å². The van der Waals surface area contributed by atoms with Crippen molar-refractivity contribution in [1.29, 1.82) is 0 Å². The maximum atomic E-state index is 12.9. The SMILES string of the molecule is O=C(Nc1cc(F)c(F)c(F)c1)C1CCCN1. The third-order valence-electron chi connectivity index (χ3n) is 2.63. The first-order chi connectivity index (χ1) is 8.08. The summed E-state index contributed by atoms with van der Waals surface area (Å²) in [4.78, 5) is 11.6. The molecule has 92 valence electrons. The molecule has 1 fully saturated rings. The Bertz CT molecular complexity index is 421. The molecule has 1 heterocycles. The van der Waals surface area contributed by atoms with E-state index in [9.17, 15) is 18.0 Å². The highest BCUT2D eigenvalue weighted by atomic mass is 19.2. The summed E-state index contributed by atoms with van der Waals surface area (Å²) >= 11 is 0. The molecule has 1 amide bonds. The van der Waals surface area contributed by atoms with Gasteiger partial charge in [-0.05, 0) is 19.4 Å². The minimum Gasteiger partial charge on any atom is -0.325 e. The Labute approximate surface area is 96.0 Å². The summed E-state index contributed by atoms with van der Waals surface area (Å²) in [6.07, 6.45) is 1.56. The molecular formula is C11H11F3N2O. The summed E-state index contributed by atoms with van der Waals surface area (Å²) in [5.74, 6) is -4.55. The number of benzene rings is 1. The number of hydrogen-bond acceptors (Lipinski definition) is 2. The van der Waals surface area contributed by atoms with Crippen LogP contribution in [-0.2, 0) is 4.79 Å². The van der Waals surface area contributed by atoms with Crippen molar-refractivity contribution < 1.29 is 18.0 Å². The molecule has 1 aliphatic rings. The number of carbonyl (C=O) groups excluding carboxylic acids is 1. The van der Waals surface area contributed by atoms with Gasteiger partial charge in [-0.2, -0.15) is 0 Å². The number of anilines is 1. The van der Waals surface area contributed by atoms with Gasteiger partial charge in [-0.15, -0.1) is 0 Å². The molecule has 17 heavy (non-hydrogen) atoms. The second-order valence-corrected chi connectivity index (χ2v) is 3.89. The van der Waals surface area contributed by atoms with Crippen molar-refractivity contribution in [2.45, 2.75) is 18.9 Å². The molecule has 1 aliphatic heterocycles. The Morgan fingerprint density at radius 2 is 1.94 bits per heavy atom. The van der Waals surface area contributed by atoms with E-state index < -0.39 is 17.5 Å². The van der Waals surface area contributed by atoms with E-state index in [1.165, 1.54) is 0 Å². The number of halogens is 3. The van der Waals surface area contributed by atoms with E-state index in [1.807, 2.05) is 0 Å². The third-order valence-corrected chi connectivity index (χ3v) is 2.63. The topological polar surface area (TPSA) is 41.1 Å². The minimum absolute atomic E-state index is 0.0832. The normalized spacial score (nSPS) is 19.4. The van der Waals surface area contributed by atoms with Crippen molar-refractivity contribution in [1.82, 2.24) is 5.32 Å². The lowest BCUT2D eigenvalue weighted by Crippen LogP contribution is -2.35. The molecule has 1 aromatic rings. The molecule has 1 aromatic carbocycles. The fourth-order valence-electron chi connectivity index (χ4n) is 1.77. The summed E-state index contributed by atoms with van der Waals surface area (Å²) in [5, 5.41) is 5.29. The largest absolute Gasteiger partial charge is 0.325 e. The molecule has 0 radical (unpaired) electrons. The van der Waals surface area contributed by atoms with Crippen molar-refractivity contribution in [3.05, 3.63) is 29.6 Å². The van der Waals surface area contributed by atoms with E-state index in [0.717, 1.165) is 25.1 Å². The number of hydrogen-bond donors (Lipinski definition) is 2. The van der Waals surface area contributed by atoms with Gasteiger partial charge < -0.3 is 10.6 Å². The molecule has 1 unspecified atom stereocenters. The van der Waals surface area contributed by atoms with Gasteiger partial charge in [0, 0.05) is 17.8 Å². The lowest BCUT2D eigenvalue weighted by molar-refractivity contribution is -0.117. The van der Waals surface area contributed by atoms with Crippen LogP contribution in [0.25, 0.3) is 0 Å². The highest BCUT2D eigenvalue weighted by molar-refractivity contribution is 5.95. The van der Waals surface area contributed by atoms with E-state index in [4.69, 9.17) is 0 Å². The molecule has 2 N–H and O–H groups in total. The van der Waals surface area contributed by atoms with Crippen LogP contribution < -0.4 is 10.6 Å². The Kier molecular flexibility index (Phi) is 3.33. The van der Waals surface area contributed by atoms with Gasteiger partial charge in [0.05, 0.1) is 6.04 Å².